The maximum atomic E-state index is 10.4. The number of nitrogens with zero attached hydrogens (tertiary/aromatic N) is 6. The molecule has 0 atom stereocenters. The Morgan fingerprint density at radius 3 is 2.44 bits per heavy atom. The predicted octanol–water partition coefficient (Wildman–Crippen LogP) is 4.42. The molecule has 3 heterocycles. The molecule has 5 rings (SSSR count). The summed E-state index contributed by atoms with van der Waals surface area (Å²) < 4.78 is 12.8. The fourth-order valence-electron chi connectivity index (χ4n) is 4.04. The zero-order chi connectivity index (χ0) is 23.5. The van der Waals surface area contributed by atoms with Gasteiger partial charge >= 0.3 is 0 Å². The summed E-state index contributed by atoms with van der Waals surface area (Å²) in [6.07, 6.45) is 0. The van der Waals surface area contributed by atoms with Crippen LogP contribution in [-0.4, -0.2) is 48.2 Å². The van der Waals surface area contributed by atoms with Gasteiger partial charge in [-0.05, 0) is 48.7 Å². The van der Waals surface area contributed by atoms with Crippen molar-refractivity contribution >= 4 is 29.0 Å². The zero-order valence-corrected chi connectivity index (χ0v) is 19.8. The first kappa shape index (κ1) is 22.1. The molecular formula is C25H24N6O2S. The van der Waals surface area contributed by atoms with Crippen LogP contribution in [0.5, 0.6) is 5.75 Å². The summed E-state index contributed by atoms with van der Waals surface area (Å²) in [7, 11) is 1.65. The molecule has 172 valence electrons. The number of rotatable bonds is 5. The van der Waals surface area contributed by atoms with E-state index in [-0.39, 0.29) is 0 Å². The summed E-state index contributed by atoms with van der Waals surface area (Å²) in [5.41, 5.74) is 3.34. The molecule has 0 N–H and O–H groups in total. The molecule has 3 aromatic rings. The predicted molar refractivity (Wildman–Crippen MR) is 134 cm³/mol. The minimum absolute atomic E-state index is 0.463. The minimum Gasteiger partial charge on any atom is -0.497 e. The number of benzene rings is 2. The molecule has 1 aromatic heterocycles. The van der Waals surface area contributed by atoms with Gasteiger partial charge in [0.15, 0.2) is 5.82 Å². The van der Waals surface area contributed by atoms with Crippen molar-refractivity contribution < 1.29 is 9.47 Å². The molecule has 2 aliphatic heterocycles. The van der Waals surface area contributed by atoms with Gasteiger partial charge in [0.25, 0.3) is 0 Å². The van der Waals surface area contributed by atoms with E-state index in [4.69, 9.17) is 9.47 Å². The Morgan fingerprint density at radius 1 is 1.03 bits per heavy atom. The van der Waals surface area contributed by atoms with E-state index in [0.717, 1.165) is 40.9 Å². The summed E-state index contributed by atoms with van der Waals surface area (Å²) in [5, 5.41) is 22.3. The number of aromatic nitrogens is 3. The van der Waals surface area contributed by atoms with Crippen LogP contribution in [0.2, 0.25) is 0 Å². The van der Waals surface area contributed by atoms with Crippen molar-refractivity contribution in [3.8, 4) is 17.5 Å². The SMILES string of the molecule is COc1ccc(N2C(C)=CSC2=C(C#N)c2nnc(N3CCOCC3)n2-c2ccccc2)cc1. The average Bonchev–Trinajstić information content (AvgIpc) is 3.50. The van der Waals surface area contributed by atoms with Gasteiger partial charge in [0, 0.05) is 24.5 Å². The summed E-state index contributed by atoms with van der Waals surface area (Å²) in [6, 6.07) is 20.1. The number of morpholine rings is 1. The molecule has 0 aliphatic carbocycles. The molecule has 0 bridgehead atoms. The van der Waals surface area contributed by atoms with E-state index >= 15 is 0 Å². The number of hydrogen-bond acceptors (Lipinski definition) is 8. The van der Waals surface area contributed by atoms with Gasteiger partial charge in [0.1, 0.15) is 22.4 Å². The molecule has 8 nitrogen and oxygen atoms in total. The monoisotopic (exact) mass is 472 g/mol. The first-order valence-electron chi connectivity index (χ1n) is 11.0. The molecule has 9 heteroatoms. The average molecular weight is 473 g/mol. The highest BCUT2D eigenvalue weighted by molar-refractivity contribution is 8.06. The van der Waals surface area contributed by atoms with Gasteiger partial charge in [-0.2, -0.15) is 5.26 Å². The zero-order valence-electron chi connectivity index (χ0n) is 19.0. The van der Waals surface area contributed by atoms with Crippen molar-refractivity contribution in [2.24, 2.45) is 0 Å². The van der Waals surface area contributed by atoms with Crippen molar-refractivity contribution in [1.29, 1.82) is 5.26 Å². The van der Waals surface area contributed by atoms with Crippen molar-refractivity contribution in [2.75, 3.05) is 43.2 Å². The lowest BCUT2D eigenvalue weighted by Crippen LogP contribution is -2.38. The fourth-order valence-corrected chi connectivity index (χ4v) is 5.04. The second-order valence-corrected chi connectivity index (χ2v) is 8.65. The molecule has 0 spiro atoms. The fraction of sp³-hybridized carbons (Fsp3) is 0.240. The number of hydrogen-bond donors (Lipinski definition) is 0. The number of nitriles is 1. The van der Waals surface area contributed by atoms with E-state index in [0.29, 0.717) is 30.6 Å². The van der Waals surface area contributed by atoms with Gasteiger partial charge in [-0.25, -0.2) is 0 Å². The summed E-state index contributed by atoms with van der Waals surface area (Å²) >= 11 is 1.51. The van der Waals surface area contributed by atoms with Gasteiger partial charge in [-0.1, -0.05) is 30.0 Å². The van der Waals surface area contributed by atoms with Gasteiger partial charge < -0.3 is 19.3 Å². The summed E-state index contributed by atoms with van der Waals surface area (Å²) in [4.78, 5) is 4.22. The third-order valence-electron chi connectivity index (χ3n) is 5.73. The van der Waals surface area contributed by atoms with Crippen molar-refractivity contribution in [1.82, 2.24) is 14.8 Å². The second-order valence-electron chi connectivity index (χ2n) is 7.80. The van der Waals surface area contributed by atoms with Gasteiger partial charge in [0.05, 0.1) is 26.0 Å². The van der Waals surface area contributed by atoms with E-state index in [9.17, 15) is 5.26 Å². The third kappa shape index (κ3) is 4.02. The van der Waals surface area contributed by atoms with Crippen LogP contribution in [0.15, 0.2) is 70.7 Å². The first-order chi connectivity index (χ1) is 16.7. The van der Waals surface area contributed by atoms with Crippen LogP contribution in [0.3, 0.4) is 0 Å². The van der Waals surface area contributed by atoms with Gasteiger partial charge in [-0.3, -0.25) is 4.57 Å². The Bertz CT molecular complexity index is 1270. The molecule has 0 unspecified atom stereocenters. The molecule has 1 fully saturated rings. The molecule has 0 saturated carbocycles. The Hall–Kier alpha value is -3.74. The van der Waals surface area contributed by atoms with Crippen LogP contribution in [0.1, 0.15) is 12.7 Å². The lowest BCUT2D eigenvalue weighted by atomic mass is 10.2. The maximum Gasteiger partial charge on any atom is 0.232 e. The van der Waals surface area contributed by atoms with Gasteiger partial charge in [0.2, 0.25) is 5.95 Å². The van der Waals surface area contributed by atoms with E-state index in [2.05, 4.69) is 26.1 Å². The number of ether oxygens (including phenoxy) is 2. The smallest absolute Gasteiger partial charge is 0.232 e. The van der Waals surface area contributed by atoms with E-state index in [1.165, 1.54) is 11.8 Å². The number of allylic oxidation sites excluding steroid dienone is 2. The van der Waals surface area contributed by atoms with Crippen LogP contribution in [-0.2, 0) is 4.74 Å². The normalized spacial score (nSPS) is 17.4. The molecule has 1 saturated heterocycles. The molecule has 0 amide bonds. The Labute approximate surface area is 202 Å². The van der Waals surface area contributed by atoms with Crippen molar-refractivity contribution in [3.05, 3.63) is 76.6 Å². The van der Waals surface area contributed by atoms with E-state index in [1.54, 1.807) is 7.11 Å². The Morgan fingerprint density at radius 2 is 1.76 bits per heavy atom. The number of thioether (sulfide) groups is 1. The maximum absolute atomic E-state index is 10.4. The topological polar surface area (TPSA) is 79.4 Å². The van der Waals surface area contributed by atoms with Crippen LogP contribution < -0.4 is 14.5 Å². The standard InChI is InChI=1S/C25H24N6O2S/c1-18-17-34-24(30(18)20-8-10-21(32-2)11-9-20)22(16-26)23-27-28-25(29-12-14-33-15-13-29)31(23)19-6-4-3-5-7-19/h3-11,17H,12-15H2,1-2H3. The largest absolute Gasteiger partial charge is 0.497 e. The number of para-hydroxylation sites is 1. The van der Waals surface area contributed by atoms with Crippen LogP contribution in [0.4, 0.5) is 11.6 Å². The lowest BCUT2D eigenvalue weighted by Gasteiger charge is -2.28. The Balaban J connectivity index is 1.65. The molecule has 2 aliphatic rings. The van der Waals surface area contributed by atoms with E-state index in [1.807, 2.05) is 71.5 Å². The van der Waals surface area contributed by atoms with Crippen LogP contribution >= 0.6 is 11.8 Å². The highest BCUT2D eigenvalue weighted by Crippen LogP contribution is 2.43. The molecule has 34 heavy (non-hydrogen) atoms. The van der Waals surface area contributed by atoms with Crippen molar-refractivity contribution in [2.45, 2.75) is 6.92 Å². The third-order valence-corrected chi connectivity index (χ3v) is 6.80. The van der Waals surface area contributed by atoms with Gasteiger partial charge in [-0.15, -0.1) is 10.2 Å². The Kier molecular flexibility index (Phi) is 6.25. The van der Waals surface area contributed by atoms with Crippen molar-refractivity contribution in [3.63, 3.8) is 0 Å². The molecular weight excluding hydrogens is 448 g/mol. The minimum atomic E-state index is 0.463. The highest BCUT2D eigenvalue weighted by atomic mass is 32.2. The van der Waals surface area contributed by atoms with Crippen LogP contribution in [0, 0.1) is 11.3 Å². The summed E-state index contributed by atoms with van der Waals surface area (Å²) in [5.74, 6) is 2.00. The first-order valence-corrected chi connectivity index (χ1v) is 11.8. The quantitative estimate of drug-likeness (QED) is 0.505. The van der Waals surface area contributed by atoms with Crippen LogP contribution in [0.25, 0.3) is 11.3 Å². The van der Waals surface area contributed by atoms with E-state index < -0.39 is 0 Å². The second kappa shape index (κ2) is 9.63. The highest BCUT2D eigenvalue weighted by Gasteiger charge is 2.30. The molecule has 0 radical (unpaired) electrons. The lowest BCUT2D eigenvalue weighted by molar-refractivity contribution is 0.122. The number of methoxy groups -OCH3 is 1. The summed E-state index contributed by atoms with van der Waals surface area (Å²) in [6.45, 7) is 4.73. The molecule has 2 aromatic carbocycles. The number of anilines is 2.